The molecule has 0 aliphatic rings. The van der Waals surface area contributed by atoms with E-state index in [9.17, 15) is 4.79 Å². The third-order valence-electron chi connectivity index (χ3n) is 2.13. The molecule has 0 saturated carbocycles. The minimum atomic E-state index is 0.647. The molecule has 4 heteroatoms. The summed E-state index contributed by atoms with van der Waals surface area (Å²) >= 11 is 0. The molecular formula is C10H15N3O. The summed E-state index contributed by atoms with van der Waals surface area (Å²) in [6.07, 6.45) is 0.844. The van der Waals surface area contributed by atoms with Crippen molar-refractivity contribution in [2.75, 3.05) is 37.1 Å². The molecule has 1 aromatic carbocycles. The molecule has 0 radical (unpaired) electrons. The van der Waals surface area contributed by atoms with Gasteiger partial charge in [-0.1, -0.05) is 0 Å². The Hall–Kier alpha value is -1.71. The Bertz CT molecular complexity index is 311. The maximum absolute atomic E-state index is 10.9. The number of aldehydes is 1. The minimum Gasteiger partial charge on any atom is -0.388 e. The van der Waals surface area contributed by atoms with Crippen LogP contribution in [0, 0.1) is 0 Å². The molecule has 1 rings (SSSR count). The lowest BCUT2D eigenvalue weighted by Gasteiger charge is -2.12. The Morgan fingerprint density at radius 2 is 1.50 bits per heavy atom. The molecule has 0 bridgehead atoms. The maximum atomic E-state index is 10.9. The fraction of sp³-hybridized carbons (Fsp3) is 0.300. The van der Waals surface area contributed by atoms with Crippen LogP contribution in [0.5, 0.6) is 0 Å². The van der Waals surface area contributed by atoms with Crippen molar-refractivity contribution in [1.82, 2.24) is 0 Å². The average molecular weight is 193 g/mol. The number of rotatable bonds is 4. The number of hydrogen-bond donors (Lipinski definition) is 3. The summed E-state index contributed by atoms with van der Waals surface area (Å²) in [4.78, 5) is 10.9. The first-order valence-corrected chi connectivity index (χ1v) is 4.43. The Labute approximate surface area is 83.7 Å². The van der Waals surface area contributed by atoms with Crippen LogP contribution < -0.4 is 16.0 Å². The highest BCUT2D eigenvalue weighted by Gasteiger charge is 2.07. The molecule has 0 aromatic heterocycles. The predicted molar refractivity (Wildman–Crippen MR) is 60.5 cm³/mol. The van der Waals surface area contributed by atoms with Crippen LogP contribution in [0.1, 0.15) is 10.4 Å². The van der Waals surface area contributed by atoms with Crippen molar-refractivity contribution in [2.45, 2.75) is 0 Å². The molecule has 1 aromatic rings. The summed E-state index contributed by atoms with van der Waals surface area (Å²) in [6, 6.07) is 3.79. The number of anilines is 3. The van der Waals surface area contributed by atoms with E-state index >= 15 is 0 Å². The number of benzene rings is 1. The summed E-state index contributed by atoms with van der Waals surface area (Å²) in [5.41, 5.74) is 3.24. The Kier molecular flexibility index (Phi) is 3.34. The molecule has 0 fully saturated rings. The minimum absolute atomic E-state index is 0.647. The average Bonchev–Trinajstić information content (AvgIpc) is 2.26. The van der Waals surface area contributed by atoms with Gasteiger partial charge in [0.2, 0.25) is 0 Å². The van der Waals surface area contributed by atoms with Gasteiger partial charge in [0.1, 0.15) is 0 Å². The number of carbonyl (C=O) groups excluding carboxylic acids is 1. The van der Waals surface area contributed by atoms with E-state index in [1.54, 1.807) is 14.1 Å². The van der Waals surface area contributed by atoms with Gasteiger partial charge in [0.15, 0.2) is 6.29 Å². The van der Waals surface area contributed by atoms with Gasteiger partial charge in [-0.3, -0.25) is 4.79 Å². The van der Waals surface area contributed by atoms with E-state index in [-0.39, 0.29) is 0 Å². The first-order chi connectivity index (χ1) is 6.76. The third-order valence-corrected chi connectivity index (χ3v) is 2.13. The molecule has 0 saturated heterocycles. The van der Waals surface area contributed by atoms with Crippen molar-refractivity contribution < 1.29 is 4.79 Å². The second-order valence-corrected chi connectivity index (χ2v) is 2.85. The van der Waals surface area contributed by atoms with Crippen molar-refractivity contribution in [1.29, 1.82) is 0 Å². The van der Waals surface area contributed by atoms with E-state index in [0.29, 0.717) is 5.56 Å². The maximum Gasteiger partial charge on any atom is 0.154 e. The van der Waals surface area contributed by atoms with E-state index < -0.39 is 0 Å². The normalized spacial score (nSPS) is 9.36. The lowest BCUT2D eigenvalue weighted by Crippen LogP contribution is -2.02. The molecule has 0 atom stereocenters. The second kappa shape index (κ2) is 4.50. The van der Waals surface area contributed by atoms with Crippen LogP contribution in [0.2, 0.25) is 0 Å². The predicted octanol–water partition coefficient (Wildman–Crippen LogP) is 1.62. The lowest BCUT2D eigenvalue weighted by molar-refractivity contribution is 0.112. The highest BCUT2D eigenvalue weighted by Crippen LogP contribution is 2.27. The number of nitrogens with one attached hydrogen (secondary N) is 3. The van der Waals surface area contributed by atoms with Gasteiger partial charge in [-0.05, 0) is 12.1 Å². The number of hydrogen-bond acceptors (Lipinski definition) is 4. The summed E-state index contributed by atoms with van der Waals surface area (Å²) in [5.74, 6) is 0. The zero-order chi connectivity index (χ0) is 10.6. The van der Waals surface area contributed by atoms with E-state index in [4.69, 9.17) is 0 Å². The second-order valence-electron chi connectivity index (χ2n) is 2.85. The van der Waals surface area contributed by atoms with Crippen LogP contribution in [0.4, 0.5) is 17.1 Å². The largest absolute Gasteiger partial charge is 0.388 e. The SMILES string of the molecule is CNc1cc(NC)c(C=O)c(NC)c1. The number of carbonyl (C=O) groups is 1. The van der Waals surface area contributed by atoms with Crippen LogP contribution in [0.15, 0.2) is 12.1 Å². The molecule has 76 valence electrons. The third kappa shape index (κ3) is 1.79. The van der Waals surface area contributed by atoms with Gasteiger partial charge in [0.25, 0.3) is 0 Å². The first-order valence-electron chi connectivity index (χ1n) is 4.43. The lowest BCUT2D eigenvalue weighted by atomic mass is 10.1. The van der Waals surface area contributed by atoms with Crippen LogP contribution in [-0.4, -0.2) is 27.4 Å². The van der Waals surface area contributed by atoms with Gasteiger partial charge in [-0.25, -0.2) is 0 Å². The monoisotopic (exact) mass is 193 g/mol. The van der Waals surface area contributed by atoms with E-state index in [1.807, 2.05) is 19.2 Å². The smallest absolute Gasteiger partial charge is 0.154 e. The molecule has 0 unspecified atom stereocenters. The van der Waals surface area contributed by atoms with Crippen LogP contribution in [-0.2, 0) is 0 Å². The highest BCUT2D eigenvalue weighted by atomic mass is 16.1. The van der Waals surface area contributed by atoms with Gasteiger partial charge in [-0.2, -0.15) is 0 Å². The molecule has 0 spiro atoms. The summed E-state index contributed by atoms with van der Waals surface area (Å²) < 4.78 is 0. The molecule has 4 nitrogen and oxygen atoms in total. The quantitative estimate of drug-likeness (QED) is 0.636. The van der Waals surface area contributed by atoms with Crippen LogP contribution >= 0.6 is 0 Å². The fourth-order valence-corrected chi connectivity index (χ4v) is 1.34. The van der Waals surface area contributed by atoms with Gasteiger partial charge in [-0.15, -0.1) is 0 Å². The topological polar surface area (TPSA) is 53.2 Å². The van der Waals surface area contributed by atoms with Gasteiger partial charge < -0.3 is 16.0 Å². The standard InChI is InChI=1S/C10H15N3O/c1-11-7-4-9(12-2)8(6-14)10(5-7)13-3/h4-6,11-13H,1-3H3. The molecule has 14 heavy (non-hydrogen) atoms. The molecular weight excluding hydrogens is 178 g/mol. The van der Waals surface area contributed by atoms with E-state index in [1.165, 1.54) is 0 Å². The molecule has 0 heterocycles. The molecule has 0 aliphatic carbocycles. The van der Waals surface area contributed by atoms with Gasteiger partial charge in [0.05, 0.1) is 5.56 Å². The van der Waals surface area contributed by atoms with E-state index in [0.717, 1.165) is 23.3 Å². The summed E-state index contributed by atoms with van der Waals surface area (Å²) in [7, 11) is 5.43. The zero-order valence-electron chi connectivity index (χ0n) is 8.64. The van der Waals surface area contributed by atoms with Crippen LogP contribution in [0.25, 0.3) is 0 Å². The zero-order valence-corrected chi connectivity index (χ0v) is 8.64. The van der Waals surface area contributed by atoms with Crippen molar-refractivity contribution in [3.63, 3.8) is 0 Å². The highest BCUT2D eigenvalue weighted by molar-refractivity contribution is 5.94. The van der Waals surface area contributed by atoms with E-state index in [2.05, 4.69) is 16.0 Å². The van der Waals surface area contributed by atoms with Crippen molar-refractivity contribution in [2.24, 2.45) is 0 Å². The molecule has 0 aliphatic heterocycles. The van der Waals surface area contributed by atoms with Crippen molar-refractivity contribution in [3.8, 4) is 0 Å². The van der Waals surface area contributed by atoms with Crippen molar-refractivity contribution in [3.05, 3.63) is 17.7 Å². The summed E-state index contributed by atoms with van der Waals surface area (Å²) in [6.45, 7) is 0. The summed E-state index contributed by atoms with van der Waals surface area (Å²) in [5, 5.41) is 9.00. The Balaban J connectivity index is 3.31. The van der Waals surface area contributed by atoms with Gasteiger partial charge >= 0.3 is 0 Å². The molecule has 0 amide bonds. The van der Waals surface area contributed by atoms with Crippen LogP contribution in [0.3, 0.4) is 0 Å². The first kappa shape index (κ1) is 10.4. The van der Waals surface area contributed by atoms with Crippen molar-refractivity contribution >= 4 is 23.3 Å². The Morgan fingerprint density at radius 1 is 1.00 bits per heavy atom. The molecule has 3 N–H and O–H groups in total. The van der Waals surface area contributed by atoms with Gasteiger partial charge in [0, 0.05) is 38.2 Å². The fourth-order valence-electron chi connectivity index (χ4n) is 1.34. The Morgan fingerprint density at radius 3 is 1.79 bits per heavy atom.